The standard InChI is InChI=1S/C19H20N4O3/c1-14(24)22-8-6-17-18(12-22)21-13-23(19(17)25)7-3-9-26-16-5-2-4-15(10-16)11-20/h2,4-5,10,13H,3,6-9,12H2,1H3. The molecule has 2 aromatic rings. The van der Waals surface area contributed by atoms with Crippen LogP contribution in [0.3, 0.4) is 0 Å². The predicted molar refractivity (Wildman–Crippen MR) is 94.6 cm³/mol. The number of amides is 1. The summed E-state index contributed by atoms with van der Waals surface area (Å²) in [4.78, 5) is 30.1. The molecule has 0 saturated heterocycles. The summed E-state index contributed by atoms with van der Waals surface area (Å²) in [6.45, 7) is 3.43. The number of aryl methyl sites for hydroxylation is 1. The topological polar surface area (TPSA) is 88.2 Å². The smallest absolute Gasteiger partial charge is 0.256 e. The first kappa shape index (κ1) is 17.7. The molecule has 1 aromatic heterocycles. The van der Waals surface area contributed by atoms with E-state index < -0.39 is 0 Å². The van der Waals surface area contributed by atoms with Crippen LogP contribution < -0.4 is 10.3 Å². The van der Waals surface area contributed by atoms with Crippen LogP contribution in [0.25, 0.3) is 0 Å². The van der Waals surface area contributed by atoms with Gasteiger partial charge in [0.25, 0.3) is 5.56 Å². The van der Waals surface area contributed by atoms with Crippen molar-refractivity contribution in [1.29, 1.82) is 5.26 Å². The van der Waals surface area contributed by atoms with Crippen molar-refractivity contribution in [3.8, 4) is 11.8 Å². The minimum absolute atomic E-state index is 0.000699. The Morgan fingerprint density at radius 3 is 3.04 bits per heavy atom. The van der Waals surface area contributed by atoms with Crippen LogP contribution in [0.4, 0.5) is 0 Å². The number of aromatic nitrogens is 2. The number of nitrogens with zero attached hydrogens (tertiary/aromatic N) is 4. The number of hydrogen-bond acceptors (Lipinski definition) is 5. The van der Waals surface area contributed by atoms with Crippen LogP contribution in [0.1, 0.15) is 30.2 Å². The molecule has 0 fully saturated rings. The molecule has 0 atom stereocenters. The first-order chi connectivity index (χ1) is 12.6. The summed E-state index contributed by atoms with van der Waals surface area (Å²) in [7, 11) is 0. The van der Waals surface area contributed by atoms with Gasteiger partial charge in [-0.15, -0.1) is 0 Å². The molecule has 3 rings (SSSR count). The van der Waals surface area contributed by atoms with Crippen molar-refractivity contribution in [2.75, 3.05) is 13.2 Å². The van der Waals surface area contributed by atoms with E-state index in [1.807, 2.05) is 0 Å². The van der Waals surface area contributed by atoms with Gasteiger partial charge in [0.15, 0.2) is 0 Å². The number of benzene rings is 1. The van der Waals surface area contributed by atoms with Gasteiger partial charge in [-0.3, -0.25) is 14.2 Å². The Bertz CT molecular complexity index is 914. The molecule has 0 bridgehead atoms. The van der Waals surface area contributed by atoms with Crippen molar-refractivity contribution >= 4 is 5.91 Å². The molecule has 134 valence electrons. The van der Waals surface area contributed by atoms with Crippen LogP contribution >= 0.6 is 0 Å². The molecular formula is C19H20N4O3. The molecule has 2 heterocycles. The lowest BCUT2D eigenvalue weighted by Crippen LogP contribution is -2.39. The number of fused-ring (bicyclic) bond motifs is 1. The van der Waals surface area contributed by atoms with Crippen LogP contribution in [0, 0.1) is 11.3 Å². The van der Waals surface area contributed by atoms with Gasteiger partial charge in [-0.1, -0.05) is 6.07 Å². The molecule has 1 aromatic carbocycles. The third kappa shape index (κ3) is 3.91. The lowest BCUT2D eigenvalue weighted by atomic mass is 10.1. The van der Waals surface area contributed by atoms with E-state index in [0.717, 1.165) is 0 Å². The second-order valence-corrected chi connectivity index (χ2v) is 6.20. The Labute approximate surface area is 151 Å². The van der Waals surface area contributed by atoms with E-state index >= 15 is 0 Å². The van der Waals surface area contributed by atoms with Crippen LogP contribution in [0.2, 0.25) is 0 Å². The van der Waals surface area contributed by atoms with Crippen LogP contribution in [0.5, 0.6) is 5.75 Å². The zero-order valence-corrected chi connectivity index (χ0v) is 14.6. The van der Waals surface area contributed by atoms with Gasteiger partial charge in [0.05, 0.1) is 36.8 Å². The highest BCUT2D eigenvalue weighted by Crippen LogP contribution is 2.14. The van der Waals surface area contributed by atoms with Gasteiger partial charge in [0, 0.05) is 25.6 Å². The minimum atomic E-state index is -0.0373. The summed E-state index contributed by atoms with van der Waals surface area (Å²) < 4.78 is 7.23. The van der Waals surface area contributed by atoms with Gasteiger partial charge < -0.3 is 9.64 Å². The Hall–Kier alpha value is -3.14. The van der Waals surface area contributed by atoms with E-state index in [4.69, 9.17) is 10.00 Å². The molecular weight excluding hydrogens is 332 g/mol. The third-order valence-corrected chi connectivity index (χ3v) is 4.41. The van der Waals surface area contributed by atoms with Crippen molar-refractivity contribution in [2.24, 2.45) is 0 Å². The highest BCUT2D eigenvalue weighted by atomic mass is 16.5. The number of nitriles is 1. The van der Waals surface area contributed by atoms with Crippen molar-refractivity contribution < 1.29 is 9.53 Å². The molecule has 7 heteroatoms. The van der Waals surface area contributed by atoms with Crippen LogP contribution in [-0.4, -0.2) is 33.5 Å². The fourth-order valence-corrected chi connectivity index (χ4v) is 2.97. The molecule has 0 aliphatic carbocycles. The molecule has 0 N–H and O–H groups in total. The zero-order chi connectivity index (χ0) is 18.5. The average molecular weight is 352 g/mol. The maximum absolute atomic E-state index is 12.6. The molecule has 0 unspecified atom stereocenters. The van der Waals surface area contributed by atoms with Crippen molar-refractivity contribution in [3.05, 3.63) is 57.8 Å². The fourth-order valence-electron chi connectivity index (χ4n) is 2.97. The van der Waals surface area contributed by atoms with Crippen LogP contribution in [-0.2, 0) is 24.3 Å². The van der Waals surface area contributed by atoms with E-state index in [1.54, 1.807) is 40.1 Å². The lowest BCUT2D eigenvalue weighted by molar-refractivity contribution is -0.129. The Morgan fingerprint density at radius 2 is 2.27 bits per heavy atom. The summed E-state index contributed by atoms with van der Waals surface area (Å²) in [5.41, 5.74) is 1.91. The van der Waals surface area contributed by atoms with Gasteiger partial charge in [-0.2, -0.15) is 5.26 Å². The maximum Gasteiger partial charge on any atom is 0.256 e. The average Bonchev–Trinajstić information content (AvgIpc) is 2.66. The third-order valence-electron chi connectivity index (χ3n) is 4.41. The van der Waals surface area contributed by atoms with Crippen LogP contribution in [0.15, 0.2) is 35.4 Å². The highest BCUT2D eigenvalue weighted by molar-refractivity contribution is 5.73. The van der Waals surface area contributed by atoms with Gasteiger partial charge >= 0.3 is 0 Å². The van der Waals surface area contributed by atoms with E-state index in [9.17, 15) is 9.59 Å². The molecule has 0 spiro atoms. The number of carbonyl (C=O) groups excluding carboxylic acids is 1. The molecule has 7 nitrogen and oxygen atoms in total. The van der Waals surface area contributed by atoms with E-state index in [1.165, 1.54) is 6.92 Å². The summed E-state index contributed by atoms with van der Waals surface area (Å²) in [6.07, 6.45) is 2.73. The largest absolute Gasteiger partial charge is 0.493 e. The van der Waals surface area contributed by atoms with Gasteiger partial charge in [0.2, 0.25) is 5.91 Å². The van der Waals surface area contributed by atoms with E-state index in [-0.39, 0.29) is 11.5 Å². The number of ether oxygens (including phenoxy) is 1. The van der Waals surface area contributed by atoms with Gasteiger partial charge in [0.1, 0.15) is 5.75 Å². The second-order valence-electron chi connectivity index (χ2n) is 6.20. The summed E-state index contributed by atoms with van der Waals surface area (Å²) in [6, 6.07) is 9.05. The predicted octanol–water partition coefficient (Wildman–Crippen LogP) is 1.49. The molecule has 26 heavy (non-hydrogen) atoms. The maximum atomic E-state index is 12.6. The quantitative estimate of drug-likeness (QED) is 0.761. The van der Waals surface area contributed by atoms with Crippen molar-refractivity contribution in [1.82, 2.24) is 14.5 Å². The van der Waals surface area contributed by atoms with E-state index in [0.29, 0.717) is 61.7 Å². The van der Waals surface area contributed by atoms with Crippen molar-refractivity contribution in [3.63, 3.8) is 0 Å². The normalized spacial score (nSPS) is 13.0. The number of carbonyl (C=O) groups is 1. The Morgan fingerprint density at radius 1 is 1.42 bits per heavy atom. The van der Waals surface area contributed by atoms with E-state index in [2.05, 4.69) is 11.1 Å². The van der Waals surface area contributed by atoms with Gasteiger partial charge in [-0.05, 0) is 31.0 Å². The molecule has 1 amide bonds. The SMILES string of the molecule is CC(=O)N1CCc2c(ncn(CCCOc3cccc(C#N)c3)c2=O)C1. The molecule has 1 aliphatic heterocycles. The first-order valence-electron chi connectivity index (χ1n) is 8.54. The fraction of sp³-hybridized carbons (Fsp3) is 0.368. The van der Waals surface area contributed by atoms with Gasteiger partial charge in [-0.25, -0.2) is 4.98 Å². The monoisotopic (exact) mass is 352 g/mol. The molecule has 0 saturated carbocycles. The second kappa shape index (κ2) is 7.83. The Balaban J connectivity index is 1.58. The minimum Gasteiger partial charge on any atom is -0.493 e. The summed E-state index contributed by atoms with van der Waals surface area (Å²) in [5.74, 6) is 0.642. The molecule has 1 aliphatic rings. The Kier molecular flexibility index (Phi) is 5.32. The lowest BCUT2D eigenvalue weighted by Gasteiger charge is -2.26. The molecule has 0 radical (unpaired) electrons. The highest BCUT2D eigenvalue weighted by Gasteiger charge is 2.22. The number of rotatable bonds is 5. The first-order valence-corrected chi connectivity index (χ1v) is 8.54. The number of hydrogen-bond donors (Lipinski definition) is 0. The van der Waals surface area contributed by atoms with Crippen molar-refractivity contribution in [2.45, 2.75) is 32.9 Å². The summed E-state index contributed by atoms with van der Waals surface area (Å²) >= 11 is 0. The zero-order valence-electron chi connectivity index (χ0n) is 14.6. The summed E-state index contributed by atoms with van der Waals surface area (Å²) in [5, 5.41) is 8.88.